The normalized spacial score (nSPS) is 16.9. The van der Waals surface area contributed by atoms with Crippen LogP contribution < -0.4 is 10.1 Å². The van der Waals surface area contributed by atoms with Crippen LogP contribution in [0.3, 0.4) is 0 Å². The molecule has 1 fully saturated rings. The van der Waals surface area contributed by atoms with Gasteiger partial charge in [0.2, 0.25) is 5.91 Å². The Labute approximate surface area is 222 Å². The van der Waals surface area contributed by atoms with Crippen molar-refractivity contribution in [3.63, 3.8) is 0 Å². The average Bonchev–Trinajstić information content (AvgIpc) is 2.85. The number of nitro benzene ring substituents is 1. The van der Waals surface area contributed by atoms with Crippen molar-refractivity contribution in [3.8, 4) is 5.75 Å². The Morgan fingerprint density at radius 2 is 1.81 bits per heavy atom. The van der Waals surface area contributed by atoms with Crippen molar-refractivity contribution in [1.29, 1.82) is 0 Å². The topological polar surface area (TPSA) is 98.5 Å². The zero-order valence-electron chi connectivity index (χ0n) is 21.9. The maximum Gasteiger partial charge on any atom is 0.271 e. The Kier molecular flexibility index (Phi) is 11.6. The van der Waals surface area contributed by atoms with E-state index in [1.807, 2.05) is 32.0 Å². The van der Waals surface area contributed by atoms with Gasteiger partial charge in [-0.25, -0.2) is 0 Å². The number of rotatable bonds is 8. The number of ketones is 1. The fourth-order valence-corrected chi connectivity index (χ4v) is 5.39. The van der Waals surface area contributed by atoms with Gasteiger partial charge in [0.15, 0.2) is 5.78 Å². The number of nitro groups is 1. The summed E-state index contributed by atoms with van der Waals surface area (Å²) >= 11 is 3.24. The standard InChI is InChI=1S/C18H27NO2.C10H10BrNO3/c1-4-5-14-7-9-15(10-8-14)18(20)19-16-11-6-13(2)17(12-16)21-3;1-3-8-9(6(2)13)4-7(12(14)15)5-10(8)11/h6,11-12,14-15H,4-5,7-10H2,1-3H3,(H,19,20);4-5H,3H2,1-2H3. The monoisotopic (exact) mass is 560 g/mol. The number of methoxy groups -OCH3 is 1. The van der Waals surface area contributed by atoms with Crippen LogP contribution in [0.4, 0.5) is 11.4 Å². The molecule has 0 bridgehead atoms. The molecule has 0 atom stereocenters. The highest BCUT2D eigenvalue weighted by molar-refractivity contribution is 9.10. The molecule has 1 aliphatic carbocycles. The van der Waals surface area contributed by atoms with E-state index < -0.39 is 4.92 Å². The molecule has 2 aromatic rings. The Bertz CT molecular complexity index is 1080. The minimum Gasteiger partial charge on any atom is -0.496 e. The van der Waals surface area contributed by atoms with E-state index in [9.17, 15) is 19.7 Å². The van der Waals surface area contributed by atoms with Crippen LogP contribution in [0.1, 0.15) is 80.8 Å². The van der Waals surface area contributed by atoms with Gasteiger partial charge in [-0.05, 0) is 69.1 Å². The number of nitrogens with one attached hydrogen (secondary N) is 1. The summed E-state index contributed by atoms with van der Waals surface area (Å²) in [6.45, 7) is 7.55. The summed E-state index contributed by atoms with van der Waals surface area (Å²) in [7, 11) is 1.66. The first kappa shape index (κ1) is 29.5. The van der Waals surface area contributed by atoms with Crippen LogP contribution in [0.2, 0.25) is 0 Å². The zero-order chi connectivity index (χ0) is 26.8. The van der Waals surface area contributed by atoms with E-state index in [2.05, 4.69) is 28.2 Å². The van der Waals surface area contributed by atoms with Gasteiger partial charge in [0.05, 0.1) is 12.0 Å². The number of Topliss-reactive ketones (excluding diaryl/α,β-unsaturated/α-hetero) is 1. The van der Waals surface area contributed by atoms with Gasteiger partial charge in [-0.2, -0.15) is 0 Å². The van der Waals surface area contributed by atoms with Gasteiger partial charge in [-0.1, -0.05) is 48.7 Å². The van der Waals surface area contributed by atoms with Gasteiger partial charge in [-0.3, -0.25) is 19.7 Å². The number of hydrogen-bond acceptors (Lipinski definition) is 5. The molecule has 0 unspecified atom stereocenters. The van der Waals surface area contributed by atoms with Gasteiger partial charge in [0, 0.05) is 39.8 Å². The van der Waals surface area contributed by atoms with E-state index in [-0.39, 0.29) is 23.3 Å². The number of aryl methyl sites for hydroxylation is 1. The maximum absolute atomic E-state index is 12.4. The number of amides is 1. The molecule has 1 aliphatic rings. The van der Waals surface area contributed by atoms with E-state index in [0.717, 1.165) is 41.3 Å². The summed E-state index contributed by atoms with van der Waals surface area (Å²) in [4.78, 5) is 33.8. The Balaban J connectivity index is 0.000000269. The molecule has 1 amide bonds. The van der Waals surface area contributed by atoms with Crippen molar-refractivity contribution in [2.24, 2.45) is 11.8 Å². The fraction of sp³-hybridized carbons (Fsp3) is 0.500. The predicted molar refractivity (Wildman–Crippen MR) is 147 cm³/mol. The van der Waals surface area contributed by atoms with E-state index in [1.165, 1.54) is 44.7 Å². The molecule has 1 saturated carbocycles. The molecule has 1 N–H and O–H groups in total. The van der Waals surface area contributed by atoms with Crippen LogP contribution in [0.5, 0.6) is 5.75 Å². The van der Waals surface area contributed by atoms with Crippen molar-refractivity contribution in [2.75, 3.05) is 12.4 Å². The summed E-state index contributed by atoms with van der Waals surface area (Å²) in [6.07, 6.45) is 7.67. The number of ether oxygens (including phenoxy) is 1. The fourth-order valence-electron chi connectivity index (χ4n) is 4.66. The predicted octanol–water partition coefficient (Wildman–Crippen LogP) is 7.67. The van der Waals surface area contributed by atoms with Gasteiger partial charge in [0.25, 0.3) is 5.69 Å². The second-order valence-electron chi connectivity index (χ2n) is 9.30. The maximum atomic E-state index is 12.4. The largest absolute Gasteiger partial charge is 0.496 e. The summed E-state index contributed by atoms with van der Waals surface area (Å²) in [5.41, 5.74) is 3.07. The SMILES string of the molecule is CCCC1CCC(C(=O)Nc2ccc(C)c(OC)c2)CC1.CCc1c(Br)cc([N+](=O)[O-])cc1C(C)=O. The highest BCUT2D eigenvalue weighted by Gasteiger charge is 2.26. The molecule has 196 valence electrons. The number of halogens is 1. The second-order valence-corrected chi connectivity index (χ2v) is 10.2. The first-order valence-corrected chi connectivity index (χ1v) is 13.3. The van der Waals surface area contributed by atoms with Crippen molar-refractivity contribution in [1.82, 2.24) is 0 Å². The number of anilines is 1. The van der Waals surface area contributed by atoms with Crippen LogP contribution in [0.25, 0.3) is 0 Å². The summed E-state index contributed by atoms with van der Waals surface area (Å²) < 4.78 is 5.92. The van der Waals surface area contributed by atoms with Gasteiger partial charge in [0.1, 0.15) is 5.75 Å². The molecule has 8 heteroatoms. The van der Waals surface area contributed by atoms with Gasteiger partial charge in [-0.15, -0.1) is 0 Å². The van der Waals surface area contributed by atoms with Crippen molar-refractivity contribution in [2.45, 2.75) is 72.6 Å². The number of benzene rings is 2. The summed E-state index contributed by atoms with van der Waals surface area (Å²) in [6, 6.07) is 8.57. The second kappa shape index (κ2) is 14.1. The molecule has 0 aliphatic heterocycles. The van der Waals surface area contributed by atoms with Crippen LogP contribution in [-0.2, 0) is 11.2 Å². The van der Waals surface area contributed by atoms with Gasteiger partial charge < -0.3 is 10.1 Å². The molecule has 7 nitrogen and oxygen atoms in total. The molecule has 0 spiro atoms. The van der Waals surface area contributed by atoms with Crippen molar-refractivity contribution in [3.05, 3.63) is 61.6 Å². The first-order chi connectivity index (χ1) is 17.1. The molecule has 3 rings (SSSR count). The first-order valence-electron chi connectivity index (χ1n) is 12.5. The molecule has 0 heterocycles. The van der Waals surface area contributed by atoms with Crippen LogP contribution >= 0.6 is 15.9 Å². The number of hydrogen-bond donors (Lipinski definition) is 1. The number of carbonyl (C=O) groups excluding carboxylic acids is 2. The van der Waals surface area contributed by atoms with E-state index in [4.69, 9.17) is 4.74 Å². The van der Waals surface area contributed by atoms with Crippen LogP contribution in [-0.4, -0.2) is 23.7 Å². The lowest BCUT2D eigenvalue weighted by atomic mass is 9.80. The van der Waals surface area contributed by atoms with E-state index >= 15 is 0 Å². The van der Waals surface area contributed by atoms with Crippen LogP contribution in [0, 0.1) is 28.9 Å². The molecule has 0 aromatic heterocycles. The lowest BCUT2D eigenvalue weighted by Crippen LogP contribution is -2.27. The van der Waals surface area contributed by atoms with E-state index in [1.54, 1.807) is 7.11 Å². The number of non-ortho nitro benzene ring substituents is 1. The molecular weight excluding hydrogens is 524 g/mol. The highest BCUT2D eigenvalue weighted by Crippen LogP contribution is 2.32. The third kappa shape index (κ3) is 8.15. The Morgan fingerprint density at radius 3 is 2.33 bits per heavy atom. The smallest absolute Gasteiger partial charge is 0.271 e. The quantitative estimate of drug-likeness (QED) is 0.203. The molecule has 36 heavy (non-hydrogen) atoms. The lowest BCUT2D eigenvalue weighted by molar-refractivity contribution is -0.385. The summed E-state index contributed by atoms with van der Waals surface area (Å²) in [5, 5.41) is 13.6. The third-order valence-electron chi connectivity index (χ3n) is 6.71. The van der Waals surface area contributed by atoms with Crippen molar-refractivity contribution < 1.29 is 19.2 Å². The van der Waals surface area contributed by atoms with Gasteiger partial charge >= 0.3 is 0 Å². The minimum absolute atomic E-state index is 0.0655. The molecule has 0 radical (unpaired) electrons. The number of carbonyl (C=O) groups is 2. The van der Waals surface area contributed by atoms with Crippen LogP contribution in [0.15, 0.2) is 34.8 Å². The third-order valence-corrected chi connectivity index (χ3v) is 7.42. The minimum atomic E-state index is -0.503. The van der Waals surface area contributed by atoms with Crippen molar-refractivity contribution >= 4 is 39.0 Å². The summed E-state index contributed by atoms with van der Waals surface area (Å²) in [5.74, 6) is 1.83. The Morgan fingerprint density at radius 1 is 1.14 bits per heavy atom. The molecule has 0 saturated heterocycles. The molecule has 2 aromatic carbocycles. The molecular formula is C28H37BrN2O5. The Hall–Kier alpha value is -2.74. The van der Waals surface area contributed by atoms with E-state index in [0.29, 0.717) is 16.5 Å². The lowest BCUT2D eigenvalue weighted by Gasteiger charge is -2.27. The highest BCUT2D eigenvalue weighted by atomic mass is 79.9. The number of nitrogens with zero attached hydrogens (tertiary/aromatic N) is 1. The average molecular weight is 562 g/mol. The zero-order valence-corrected chi connectivity index (χ0v) is 23.4.